The Morgan fingerprint density at radius 2 is 2.04 bits per heavy atom. The molecule has 1 atom stereocenters. The van der Waals surface area contributed by atoms with Gasteiger partial charge in [-0.05, 0) is 18.2 Å². The summed E-state index contributed by atoms with van der Waals surface area (Å²) in [6.07, 6.45) is -4.10. The van der Waals surface area contributed by atoms with Crippen molar-refractivity contribution in [3.63, 3.8) is 0 Å². The quantitative estimate of drug-likeness (QED) is 0.449. The van der Waals surface area contributed by atoms with Crippen LogP contribution in [-0.4, -0.2) is 23.2 Å². The number of ether oxygens (including phenoxy) is 1. The molecule has 0 aliphatic carbocycles. The van der Waals surface area contributed by atoms with Crippen molar-refractivity contribution in [2.45, 2.75) is 23.5 Å². The number of benzene rings is 2. The van der Waals surface area contributed by atoms with Gasteiger partial charge in [-0.3, -0.25) is 14.9 Å². The van der Waals surface area contributed by atoms with Gasteiger partial charge in [0.2, 0.25) is 5.91 Å². The van der Waals surface area contributed by atoms with Crippen LogP contribution in [0.3, 0.4) is 0 Å². The van der Waals surface area contributed by atoms with Crippen molar-refractivity contribution in [2.24, 2.45) is 0 Å². The minimum atomic E-state index is -4.68. The summed E-state index contributed by atoms with van der Waals surface area (Å²) in [5.74, 6) is 0.150. The fourth-order valence-corrected chi connectivity index (χ4v) is 3.65. The van der Waals surface area contributed by atoms with Crippen molar-refractivity contribution >= 4 is 23.4 Å². The van der Waals surface area contributed by atoms with Crippen molar-refractivity contribution < 1.29 is 27.6 Å². The first-order valence-corrected chi connectivity index (χ1v) is 9.24. The third-order valence-corrected chi connectivity index (χ3v) is 5.20. The number of carbonyl (C=O) groups excluding carboxylic acids is 1. The number of carbonyl (C=O) groups is 1. The highest BCUT2D eigenvalue weighted by Gasteiger charge is 2.33. The molecule has 0 spiro atoms. The number of alkyl halides is 3. The molecule has 0 bridgehead atoms. The largest absolute Gasteiger partial charge is 0.493 e. The van der Waals surface area contributed by atoms with Gasteiger partial charge in [0.05, 0.1) is 33.8 Å². The molecule has 0 saturated heterocycles. The van der Waals surface area contributed by atoms with Gasteiger partial charge in [-0.1, -0.05) is 18.2 Å². The van der Waals surface area contributed by atoms with Gasteiger partial charge in [0.25, 0.3) is 5.69 Å². The normalized spacial score (nSPS) is 16.0. The summed E-state index contributed by atoms with van der Waals surface area (Å²) in [6.45, 7) is 0.444. The molecule has 1 aliphatic rings. The Hall–Kier alpha value is -2.75. The molecule has 2 aromatic carbocycles. The zero-order valence-corrected chi connectivity index (χ0v) is 15.2. The molecule has 28 heavy (non-hydrogen) atoms. The second-order valence-electron chi connectivity index (χ2n) is 6.02. The third-order valence-electron chi connectivity index (χ3n) is 4.14. The van der Waals surface area contributed by atoms with Crippen LogP contribution < -0.4 is 10.1 Å². The van der Waals surface area contributed by atoms with Crippen LogP contribution in [0.1, 0.15) is 23.6 Å². The summed E-state index contributed by atoms with van der Waals surface area (Å²) < 4.78 is 43.8. The van der Waals surface area contributed by atoms with E-state index in [4.69, 9.17) is 4.74 Å². The number of thioether (sulfide) groups is 1. The third kappa shape index (κ3) is 4.56. The maximum absolute atomic E-state index is 12.8. The highest BCUT2D eigenvalue weighted by molar-refractivity contribution is 8.00. The topological polar surface area (TPSA) is 81.5 Å². The first-order valence-electron chi connectivity index (χ1n) is 8.25. The molecular formula is C18H15F3N2O4S. The molecule has 0 aromatic heterocycles. The van der Waals surface area contributed by atoms with E-state index in [2.05, 4.69) is 5.32 Å². The van der Waals surface area contributed by atoms with Crippen LogP contribution in [0.4, 0.5) is 18.9 Å². The smallest absolute Gasteiger partial charge is 0.416 e. The summed E-state index contributed by atoms with van der Waals surface area (Å²) in [5.41, 5.74) is -0.941. The highest BCUT2D eigenvalue weighted by Crippen LogP contribution is 2.37. The zero-order chi connectivity index (χ0) is 20.3. The molecule has 3 rings (SSSR count). The van der Waals surface area contributed by atoms with Crippen LogP contribution in [0.2, 0.25) is 0 Å². The standard InChI is InChI=1S/C18H15F3N2O4S/c19-18(20,21)11-5-6-16(14(9-11)23(25)26)28-10-17(24)22-13-7-8-27-15-4-2-1-3-12(13)15/h1-6,9,13H,7-8,10H2,(H,22,24). The summed E-state index contributed by atoms with van der Waals surface area (Å²) in [5, 5.41) is 14.0. The SMILES string of the molecule is O=C(CSc1ccc(C(F)(F)F)cc1[N+](=O)[O-])NC1CCOc2ccccc21. The molecule has 148 valence electrons. The van der Waals surface area contributed by atoms with Crippen LogP contribution >= 0.6 is 11.8 Å². The van der Waals surface area contributed by atoms with Gasteiger partial charge in [-0.25, -0.2) is 0 Å². The van der Waals surface area contributed by atoms with Crippen molar-refractivity contribution in [1.82, 2.24) is 5.32 Å². The fourth-order valence-electron chi connectivity index (χ4n) is 2.83. The van der Waals surface area contributed by atoms with E-state index in [1.54, 1.807) is 6.07 Å². The van der Waals surface area contributed by atoms with Gasteiger partial charge in [0.1, 0.15) is 5.75 Å². The Bertz CT molecular complexity index is 905. The average molecular weight is 412 g/mol. The van der Waals surface area contributed by atoms with Crippen molar-refractivity contribution in [2.75, 3.05) is 12.4 Å². The molecule has 10 heteroatoms. The molecule has 2 aromatic rings. The Morgan fingerprint density at radius 3 is 2.75 bits per heavy atom. The van der Waals surface area contributed by atoms with Gasteiger partial charge in [-0.2, -0.15) is 13.2 Å². The van der Waals surface area contributed by atoms with Crippen LogP contribution in [0.5, 0.6) is 5.75 Å². The van der Waals surface area contributed by atoms with Gasteiger partial charge in [0, 0.05) is 18.1 Å². The number of hydrogen-bond donors (Lipinski definition) is 1. The van der Waals surface area contributed by atoms with E-state index >= 15 is 0 Å². The molecule has 1 heterocycles. The number of hydrogen-bond acceptors (Lipinski definition) is 5. The second-order valence-corrected chi connectivity index (χ2v) is 7.04. The van der Waals surface area contributed by atoms with Crippen LogP contribution in [-0.2, 0) is 11.0 Å². The Kier molecular flexibility index (Phi) is 5.78. The van der Waals surface area contributed by atoms with Gasteiger partial charge in [0.15, 0.2) is 0 Å². The van der Waals surface area contributed by atoms with Crippen LogP contribution in [0.25, 0.3) is 0 Å². The molecule has 0 radical (unpaired) electrons. The Balaban J connectivity index is 1.68. The van der Waals surface area contributed by atoms with Gasteiger partial charge >= 0.3 is 6.18 Å². The number of nitrogens with zero attached hydrogens (tertiary/aromatic N) is 1. The van der Waals surface area contributed by atoms with Crippen LogP contribution in [0.15, 0.2) is 47.4 Å². The van der Waals surface area contributed by atoms with Crippen molar-refractivity contribution in [1.29, 1.82) is 0 Å². The molecular weight excluding hydrogens is 397 g/mol. The predicted molar refractivity (Wildman–Crippen MR) is 96.3 cm³/mol. The number of para-hydroxylation sites is 1. The number of nitro benzene ring substituents is 1. The lowest BCUT2D eigenvalue weighted by Gasteiger charge is -2.26. The number of fused-ring (bicyclic) bond motifs is 1. The summed E-state index contributed by atoms with van der Waals surface area (Å²) in [6, 6.07) is 9.30. The fraction of sp³-hybridized carbons (Fsp3) is 0.278. The van der Waals surface area contributed by atoms with E-state index < -0.39 is 22.4 Å². The van der Waals surface area contributed by atoms with Gasteiger partial charge in [-0.15, -0.1) is 11.8 Å². The summed E-state index contributed by atoms with van der Waals surface area (Å²) in [7, 11) is 0. The number of nitro groups is 1. The molecule has 1 unspecified atom stereocenters. The second kappa shape index (κ2) is 8.09. The first kappa shape index (κ1) is 20.0. The summed E-state index contributed by atoms with van der Waals surface area (Å²) >= 11 is 0.820. The lowest BCUT2D eigenvalue weighted by atomic mass is 10.0. The number of nitrogens with one attached hydrogen (secondary N) is 1. The predicted octanol–water partition coefficient (Wildman–Crippen LogP) is 4.35. The van der Waals surface area contributed by atoms with E-state index in [9.17, 15) is 28.1 Å². The average Bonchev–Trinajstić information content (AvgIpc) is 2.65. The van der Waals surface area contributed by atoms with Crippen LogP contribution in [0, 0.1) is 10.1 Å². The lowest BCUT2D eigenvalue weighted by Crippen LogP contribution is -2.33. The molecule has 1 aliphatic heterocycles. The highest BCUT2D eigenvalue weighted by atomic mass is 32.2. The molecule has 1 N–H and O–H groups in total. The Morgan fingerprint density at radius 1 is 1.29 bits per heavy atom. The van der Waals surface area contributed by atoms with E-state index in [0.717, 1.165) is 29.5 Å². The maximum Gasteiger partial charge on any atom is 0.416 e. The molecule has 1 amide bonds. The lowest BCUT2D eigenvalue weighted by molar-refractivity contribution is -0.388. The molecule has 0 saturated carbocycles. The van der Waals surface area contributed by atoms with E-state index in [0.29, 0.717) is 24.8 Å². The minimum Gasteiger partial charge on any atom is -0.493 e. The minimum absolute atomic E-state index is 0.000489. The van der Waals surface area contributed by atoms with E-state index in [1.165, 1.54) is 0 Å². The molecule has 0 fully saturated rings. The zero-order valence-electron chi connectivity index (χ0n) is 14.4. The van der Waals surface area contributed by atoms with Gasteiger partial charge < -0.3 is 10.1 Å². The summed E-state index contributed by atoms with van der Waals surface area (Å²) in [4.78, 5) is 22.5. The number of halogens is 3. The number of rotatable bonds is 5. The van der Waals surface area contributed by atoms with E-state index in [1.807, 2.05) is 18.2 Å². The number of amides is 1. The Labute approximate surface area is 162 Å². The van der Waals surface area contributed by atoms with Crippen molar-refractivity contribution in [3.8, 4) is 5.75 Å². The monoisotopic (exact) mass is 412 g/mol. The van der Waals surface area contributed by atoms with Crippen molar-refractivity contribution in [3.05, 3.63) is 63.7 Å². The molecule has 6 nitrogen and oxygen atoms in total. The first-order chi connectivity index (χ1) is 13.3. The van der Waals surface area contributed by atoms with E-state index in [-0.39, 0.29) is 22.6 Å². The maximum atomic E-state index is 12.8.